The molecule has 31 heavy (non-hydrogen) atoms. The van der Waals surface area contributed by atoms with E-state index in [4.69, 9.17) is 13.9 Å². The van der Waals surface area contributed by atoms with Crippen LogP contribution in [0.2, 0.25) is 0 Å². The lowest BCUT2D eigenvalue weighted by molar-refractivity contribution is -0.991. The smallest absolute Gasteiger partial charge is 0.340 e. The van der Waals surface area contributed by atoms with Gasteiger partial charge in [-0.15, -0.1) is 0 Å². The molecule has 0 amide bonds. The Bertz CT molecular complexity index is 1180. The summed E-state index contributed by atoms with van der Waals surface area (Å²) >= 11 is 0. The van der Waals surface area contributed by atoms with Gasteiger partial charge in [0, 0.05) is 28.6 Å². The predicted octanol–water partition coefficient (Wildman–Crippen LogP) is 2.12. The molecule has 9 nitrogen and oxygen atoms in total. The van der Waals surface area contributed by atoms with E-state index in [0.29, 0.717) is 39.2 Å². The fraction of sp³-hybridized carbons (Fsp3) is 0.273. The minimum Gasteiger partial charge on any atom is -0.595 e. The molecular weight excluding hydrogens is 406 g/mol. The number of benzene rings is 2. The number of carbonyl (C=O) groups excluding carboxylic acids is 1. The lowest BCUT2D eigenvalue weighted by Crippen LogP contribution is -2.99. The Morgan fingerprint density at radius 1 is 1.13 bits per heavy atom. The normalized spacial score (nSPS) is 11.9. The van der Waals surface area contributed by atoms with Crippen LogP contribution in [0.5, 0.6) is 11.5 Å². The summed E-state index contributed by atoms with van der Waals surface area (Å²) in [4.78, 5) is 24.1. The van der Waals surface area contributed by atoms with Crippen LogP contribution < -0.4 is 20.3 Å². The maximum atomic E-state index is 12.4. The van der Waals surface area contributed by atoms with Gasteiger partial charge in [0.05, 0.1) is 26.2 Å². The molecule has 0 aliphatic heterocycles. The first-order valence-corrected chi connectivity index (χ1v) is 9.42. The SMILES string of the molecule is COC(=O)Cc1c(C)c2ccc(OCc3cc([NH+]([O-])O)ccc3OC)c(C)c2oc1=O. The molecule has 0 spiro atoms. The number of ether oxygens (including phenoxy) is 3. The van der Waals surface area contributed by atoms with E-state index in [0.717, 1.165) is 0 Å². The van der Waals surface area contributed by atoms with Crippen molar-refractivity contribution in [3.05, 3.63) is 68.2 Å². The topological polar surface area (TPSA) is 123 Å². The van der Waals surface area contributed by atoms with Crippen LogP contribution in [0, 0.1) is 19.1 Å². The summed E-state index contributed by atoms with van der Waals surface area (Å²) in [5.74, 6) is 0.445. The summed E-state index contributed by atoms with van der Waals surface area (Å²) in [7, 11) is 2.75. The van der Waals surface area contributed by atoms with Gasteiger partial charge in [-0.25, -0.2) is 10.0 Å². The molecule has 2 N–H and O–H groups in total. The van der Waals surface area contributed by atoms with Crippen molar-refractivity contribution in [2.45, 2.75) is 26.9 Å². The fourth-order valence-corrected chi connectivity index (χ4v) is 3.33. The standard InChI is InChI=1S/C22H23NO8/c1-12-16-6-8-18(13(2)21(16)31-22(25)17(12)10-20(24)29-4)30-11-14-9-15(23(26)27)5-7-19(14)28-3/h5-9,23,26H,10-11H2,1-4H3. The molecule has 0 fully saturated rings. The molecule has 2 aromatic carbocycles. The number of hydrogen-bond donors (Lipinski definition) is 2. The van der Waals surface area contributed by atoms with Gasteiger partial charge >= 0.3 is 11.6 Å². The van der Waals surface area contributed by atoms with Gasteiger partial charge in [0.15, 0.2) is 5.69 Å². The van der Waals surface area contributed by atoms with E-state index in [9.17, 15) is 20.0 Å². The zero-order valence-corrected chi connectivity index (χ0v) is 17.6. The highest BCUT2D eigenvalue weighted by molar-refractivity contribution is 5.86. The number of rotatable bonds is 7. The van der Waals surface area contributed by atoms with Crippen LogP contribution in [-0.4, -0.2) is 25.4 Å². The Labute approximate surface area is 177 Å². The van der Waals surface area contributed by atoms with E-state index in [1.54, 1.807) is 32.0 Å². The summed E-state index contributed by atoms with van der Waals surface area (Å²) < 4.78 is 21.3. The Morgan fingerprint density at radius 2 is 1.84 bits per heavy atom. The number of hydrogen-bond acceptors (Lipinski definition) is 8. The predicted molar refractivity (Wildman–Crippen MR) is 111 cm³/mol. The monoisotopic (exact) mass is 429 g/mol. The number of carbonyl (C=O) groups is 1. The van der Waals surface area contributed by atoms with E-state index in [1.165, 1.54) is 26.4 Å². The molecule has 0 saturated heterocycles. The Kier molecular flexibility index (Phi) is 6.59. The fourth-order valence-electron chi connectivity index (χ4n) is 3.33. The number of fused-ring (bicyclic) bond motifs is 1. The number of quaternary nitrogens is 1. The zero-order valence-electron chi connectivity index (χ0n) is 17.6. The summed E-state index contributed by atoms with van der Waals surface area (Å²) in [6.07, 6.45) is -0.169. The van der Waals surface area contributed by atoms with Gasteiger partial charge in [0.2, 0.25) is 0 Å². The molecule has 9 heteroatoms. The zero-order chi connectivity index (χ0) is 22.7. The van der Waals surface area contributed by atoms with Gasteiger partial charge in [-0.1, -0.05) is 0 Å². The molecule has 1 heterocycles. The molecule has 1 atom stereocenters. The van der Waals surface area contributed by atoms with Crippen molar-refractivity contribution >= 4 is 22.6 Å². The van der Waals surface area contributed by atoms with Crippen LogP contribution in [0.3, 0.4) is 0 Å². The van der Waals surface area contributed by atoms with Gasteiger partial charge in [0.25, 0.3) is 0 Å². The van der Waals surface area contributed by atoms with Crippen molar-refractivity contribution in [2.24, 2.45) is 0 Å². The van der Waals surface area contributed by atoms with Gasteiger partial charge in [-0.2, -0.15) is 5.23 Å². The first-order chi connectivity index (χ1) is 14.8. The van der Waals surface area contributed by atoms with Crippen LogP contribution in [-0.2, 0) is 22.6 Å². The van der Waals surface area contributed by atoms with Crippen LogP contribution >= 0.6 is 0 Å². The summed E-state index contributed by atoms with van der Waals surface area (Å²) in [6, 6.07) is 8.00. The third-order valence-corrected chi connectivity index (χ3v) is 5.11. The Morgan fingerprint density at radius 3 is 2.48 bits per heavy atom. The molecule has 0 radical (unpaired) electrons. The quantitative estimate of drug-likeness (QED) is 0.333. The van der Waals surface area contributed by atoms with Crippen molar-refractivity contribution < 1.29 is 33.9 Å². The van der Waals surface area contributed by atoms with E-state index >= 15 is 0 Å². The van der Waals surface area contributed by atoms with Gasteiger partial charge in [-0.3, -0.25) is 4.79 Å². The van der Waals surface area contributed by atoms with Crippen molar-refractivity contribution in [1.29, 1.82) is 0 Å². The van der Waals surface area contributed by atoms with E-state index in [1.807, 2.05) is 0 Å². The van der Waals surface area contributed by atoms with E-state index < -0.39 is 16.8 Å². The molecule has 1 unspecified atom stereocenters. The molecule has 0 aliphatic carbocycles. The molecule has 164 valence electrons. The van der Waals surface area contributed by atoms with Crippen LogP contribution in [0.1, 0.15) is 22.3 Å². The highest BCUT2D eigenvalue weighted by atomic mass is 16.8. The number of esters is 1. The molecule has 3 aromatic rings. The maximum absolute atomic E-state index is 12.4. The first-order valence-electron chi connectivity index (χ1n) is 9.42. The van der Waals surface area contributed by atoms with Crippen LogP contribution in [0.25, 0.3) is 11.0 Å². The number of nitrogens with one attached hydrogen (secondary N) is 1. The lowest BCUT2D eigenvalue weighted by Gasteiger charge is -2.16. The average Bonchev–Trinajstić information content (AvgIpc) is 2.76. The minimum absolute atomic E-state index is 0.0558. The highest BCUT2D eigenvalue weighted by Gasteiger charge is 2.18. The second kappa shape index (κ2) is 9.17. The molecule has 0 aliphatic rings. The van der Waals surface area contributed by atoms with Crippen LogP contribution in [0.15, 0.2) is 39.5 Å². The number of aryl methyl sites for hydroxylation is 2. The van der Waals surface area contributed by atoms with Crippen LogP contribution in [0.4, 0.5) is 5.69 Å². The summed E-state index contributed by atoms with van der Waals surface area (Å²) in [5.41, 5.74) is 1.94. The largest absolute Gasteiger partial charge is 0.595 e. The molecular formula is C22H23NO8. The maximum Gasteiger partial charge on any atom is 0.340 e. The highest BCUT2D eigenvalue weighted by Crippen LogP contribution is 2.31. The summed E-state index contributed by atoms with van der Waals surface area (Å²) in [6.45, 7) is 3.56. The second-order valence-corrected chi connectivity index (χ2v) is 6.93. The van der Waals surface area contributed by atoms with Crippen molar-refractivity contribution in [2.75, 3.05) is 14.2 Å². The molecule has 0 bridgehead atoms. The van der Waals surface area contributed by atoms with E-state index in [-0.39, 0.29) is 24.3 Å². The molecule has 1 aromatic heterocycles. The number of methoxy groups -OCH3 is 2. The molecule has 0 saturated carbocycles. The Hall–Kier alpha value is -3.40. The lowest BCUT2D eigenvalue weighted by atomic mass is 10.0. The van der Waals surface area contributed by atoms with Crippen molar-refractivity contribution in [3.63, 3.8) is 0 Å². The average molecular weight is 429 g/mol. The molecule has 3 rings (SSSR count). The van der Waals surface area contributed by atoms with Gasteiger partial charge in [0.1, 0.15) is 23.7 Å². The van der Waals surface area contributed by atoms with Gasteiger partial charge < -0.3 is 23.8 Å². The summed E-state index contributed by atoms with van der Waals surface area (Å²) in [5, 5.41) is 20.1. The third kappa shape index (κ3) is 4.53. The third-order valence-electron chi connectivity index (χ3n) is 5.11. The Balaban J connectivity index is 1.95. The first kappa shape index (κ1) is 22.3. The van der Waals surface area contributed by atoms with Gasteiger partial charge in [-0.05, 0) is 37.6 Å². The minimum atomic E-state index is -1.05. The second-order valence-electron chi connectivity index (χ2n) is 6.93. The van der Waals surface area contributed by atoms with E-state index in [2.05, 4.69) is 4.74 Å². The van der Waals surface area contributed by atoms with Crippen molar-refractivity contribution in [3.8, 4) is 11.5 Å². The van der Waals surface area contributed by atoms with Crippen molar-refractivity contribution in [1.82, 2.24) is 0 Å².